The molecule has 1 rings (SSSR count). The highest BCUT2D eigenvalue weighted by Crippen LogP contribution is 2.22. The van der Waals surface area contributed by atoms with Crippen LogP contribution < -0.4 is 5.73 Å². The zero-order valence-corrected chi connectivity index (χ0v) is 9.65. The summed E-state index contributed by atoms with van der Waals surface area (Å²) < 4.78 is 26.2. The number of hydrogen-bond donors (Lipinski definition) is 1. The van der Waals surface area contributed by atoms with E-state index in [0.717, 1.165) is 12.1 Å². The maximum atomic E-state index is 13.3. The van der Waals surface area contributed by atoms with Gasteiger partial charge in [-0.1, -0.05) is 13.8 Å². The van der Waals surface area contributed by atoms with Crippen LogP contribution in [0.1, 0.15) is 25.5 Å². The maximum absolute atomic E-state index is 13.3. The van der Waals surface area contributed by atoms with Crippen LogP contribution in [0, 0.1) is 11.6 Å². The molecule has 1 nitrogen and oxygen atoms in total. The average Bonchev–Trinajstić information content (AvgIpc) is 2.18. The minimum Gasteiger partial charge on any atom is -0.323 e. The Morgan fingerprint density at radius 2 is 2.00 bits per heavy atom. The monoisotopic (exact) mass is 231 g/mol. The smallest absolute Gasteiger partial charge is 0.128 e. The fourth-order valence-corrected chi connectivity index (χ4v) is 1.96. The summed E-state index contributed by atoms with van der Waals surface area (Å²) in [5.74, 6) is -0.289. The Morgan fingerprint density at radius 3 is 2.60 bits per heavy atom. The molecule has 0 bridgehead atoms. The second-order valence-electron chi connectivity index (χ2n) is 3.65. The SMILES string of the molecule is CC(C)SCC(N)c1cc(F)ccc1F. The van der Waals surface area contributed by atoms with Crippen molar-refractivity contribution in [3.05, 3.63) is 35.4 Å². The summed E-state index contributed by atoms with van der Waals surface area (Å²) in [6.45, 7) is 4.08. The van der Waals surface area contributed by atoms with Crippen LogP contribution in [0.5, 0.6) is 0 Å². The van der Waals surface area contributed by atoms with Crippen molar-refractivity contribution in [3.63, 3.8) is 0 Å². The Labute approximate surface area is 93.1 Å². The second kappa shape index (κ2) is 5.47. The number of hydrogen-bond acceptors (Lipinski definition) is 2. The van der Waals surface area contributed by atoms with Gasteiger partial charge in [0.25, 0.3) is 0 Å². The number of benzene rings is 1. The molecule has 1 aromatic carbocycles. The third-order valence-electron chi connectivity index (χ3n) is 1.97. The molecular weight excluding hydrogens is 216 g/mol. The highest BCUT2D eigenvalue weighted by molar-refractivity contribution is 7.99. The molecule has 0 amide bonds. The zero-order valence-electron chi connectivity index (χ0n) is 8.84. The lowest BCUT2D eigenvalue weighted by atomic mass is 10.1. The molecule has 15 heavy (non-hydrogen) atoms. The quantitative estimate of drug-likeness (QED) is 0.861. The van der Waals surface area contributed by atoms with Crippen LogP contribution in [0.25, 0.3) is 0 Å². The van der Waals surface area contributed by atoms with Gasteiger partial charge in [-0.2, -0.15) is 11.8 Å². The molecule has 0 aromatic heterocycles. The summed E-state index contributed by atoms with van der Waals surface area (Å²) in [6, 6.07) is 2.93. The largest absolute Gasteiger partial charge is 0.323 e. The van der Waals surface area contributed by atoms with Crippen LogP contribution in [0.15, 0.2) is 18.2 Å². The molecule has 2 N–H and O–H groups in total. The van der Waals surface area contributed by atoms with Gasteiger partial charge in [0.15, 0.2) is 0 Å². The second-order valence-corrected chi connectivity index (χ2v) is 5.26. The van der Waals surface area contributed by atoms with E-state index < -0.39 is 17.7 Å². The van der Waals surface area contributed by atoms with Crippen molar-refractivity contribution in [2.45, 2.75) is 25.1 Å². The molecule has 0 radical (unpaired) electrons. The van der Waals surface area contributed by atoms with Gasteiger partial charge < -0.3 is 5.73 Å². The molecule has 0 spiro atoms. The van der Waals surface area contributed by atoms with Crippen LogP contribution >= 0.6 is 11.8 Å². The lowest BCUT2D eigenvalue weighted by Crippen LogP contribution is -2.16. The molecule has 1 aromatic rings. The van der Waals surface area contributed by atoms with Crippen LogP contribution in [-0.4, -0.2) is 11.0 Å². The summed E-state index contributed by atoms with van der Waals surface area (Å²) in [5.41, 5.74) is 6.04. The van der Waals surface area contributed by atoms with Crippen molar-refractivity contribution in [2.24, 2.45) is 5.73 Å². The Balaban J connectivity index is 2.72. The number of halogens is 2. The fraction of sp³-hybridized carbons (Fsp3) is 0.455. The van der Waals surface area contributed by atoms with E-state index in [1.807, 2.05) is 13.8 Å². The molecule has 1 unspecified atom stereocenters. The average molecular weight is 231 g/mol. The molecule has 0 aliphatic heterocycles. The van der Waals surface area contributed by atoms with Gasteiger partial charge in [0, 0.05) is 17.4 Å². The normalized spacial score (nSPS) is 13.2. The Hall–Kier alpha value is -0.610. The van der Waals surface area contributed by atoms with E-state index in [1.165, 1.54) is 6.07 Å². The minimum absolute atomic E-state index is 0.253. The van der Waals surface area contributed by atoms with E-state index in [4.69, 9.17) is 5.73 Å². The summed E-state index contributed by atoms with van der Waals surface area (Å²) in [5, 5.41) is 0.438. The Kier molecular flexibility index (Phi) is 4.54. The van der Waals surface area contributed by atoms with E-state index >= 15 is 0 Å². The first-order valence-electron chi connectivity index (χ1n) is 4.83. The molecule has 0 aliphatic carbocycles. The third kappa shape index (κ3) is 3.80. The van der Waals surface area contributed by atoms with Gasteiger partial charge in [-0.25, -0.2) is 8.78 Å². The first-order chi connectivity index (χ1) is 7.00. The summed E-state index contributed by atoms with van der Waals surface area (Å²) in [6.07, 6.45) is 0. The van der Waals surface area contributed by atoms with Gasteiger partial charge >= 0.3 is 0 Å². The molecule has 0 aliphatic rings. The van der Waals surface area contributed by atoms with E-state index in [9.17, 15) is 8.78 Å². The van der Waals surface area contributed by atoms with Crippen molar-refractivity contribution < 1.29 is 8.78 Å². The number of thioether (sulfide) groups is 1. The molecule has 0 saturated heterocycles. The lowest BCUT2D eigenvalue weighted by Gasteiger charge is -2.14. The van der Waals surface area contributed by atoms with Crippen molar-refractivity contribution in [1.29, 1.82) is 0 Å². The van der Waals surface area contributed by atoms with E-state index in [-0.39, 0.29) is 5.56 Å². The summed E-state index contributed by atoms with van der Waals surface area (Å²) in [4.78, 5) is 0. The lowest BCUT2D eigenvalue weighted by molar-refractivity contribution is 0.573. The summed E-state index contributed by atoms with van der Waals surface area (Å²) in [7, 11) is 0. The predicted octanol–water partition coefficient (Wildman–Crippen LogP) is 3.11. The fourth-order valence-electron chi connectivity index (χ4n) is 1.18. The maximum Gasteiger partial charge on any atom is 0.128 e. The Morgan fingerprint density at radius 1 is 1.33 bits per heavy atom. The molecule has 0 fully saturated rings. The molecule has 4 heteroatoms. The van der Waals surface area contributed by atoms with E-state index in [0.29, 0.717) is 11.0 Å². The van der Waals surface area contributed by atoms with E-state index in [1.54, 1.807) is 11.8 Å². The molecule has 1 atom stereocenters. The molecule has 0 saturated carbocycles. The van der Waals surface area contributed by atoms with Crippen LogP contribution in [0.3, 0.4) is 0 Å². The van der Waals surface area contributed by atoms with E-state index in [2.05, 4.69) is 0 Å². The first kappa shape index (κ1) is 12.5. The third-order valence-corrected chi connectivity index (χ3v) is 3.18. The minimum atomic E-state index is -0.451. The van der Waals surface area contributed by atoms with Gasteiger partial charge in [0.2, 0.25) is 0 Å². The van der Waals surface area contributed by atoms with Crippen molar-refractivity contribution in [2.75, 3.05) is 5.75 Å². The van der Waals surface area contributed by atoms with Gasteiger partial charge in [-0.05, 0) is 23.4 Å². The molecular formula is C11H15F2NS. The highest BCUT2D eigenvalue weighted by atomic mass is 32.2. The number of nitrogens with two attached hydrogens (primary N) is 1. The van der Waals surface area contributed by atoms with Crippen LogP contribution in [0.2, 0.25) is 0 Å². The number of rotatable bonds is 4. The van der Waals surface area contributed by atoms with Gasteiger partial charge in [0.1, 0.15) is 11.6 Å². The standard InChI is InChI=1S/C11H15F2NS/c1-7(2)15-6-11(14)9-5-8(12)3-4-10(9)13/h3-5,7,11H,6,14H2,1-2H3. The van der Waals surface area contributed by atoms with Gasteiger partial charge in [-0.3, -0.25) is 0 Å². The van der Waals surface area contributed by atoms with Crippen molar-refractivity contribution >= 4 is 11.8 Å². The predicted molar refractivity (Wildman–Crippen MR) is 60.9 cm³/mol. The van der Waals surface area contributed by atoms with Gasteiger partial charge in [0.05, 0.1) is 0 Å². The highest BCUT2D eigenvalue weighted by Gasteiger charge is 2.13. The van der Waals surface area contributed by atoms with Crippen LogP contribution in [0.4, 0.5) is 8.78 Å². The molecule has 0 heterocycles. The van der Waals surface area contributed by atoms with Gasteiger partial charge in [-0.15, -0.1) is 0 Å². The Bertz CT molecular complexity index is 328. The molecule has 84 valence electrons. The van der Waals surface area contributed by atoms with Crippen molar-refractivity contribution in [3.8, 4) is 0 Å². The zero-order chi connectivity index (χ0) is 11.4. The summed E-state index contributed by atoms with van der Waals surface area (Å²) >= 11 is 1.63. The van der Waals surface area contributed by atoms with Crippen molar-refractivity contribution in [1.82, 2.24) is 0 Å². The van der Waals surface area contributed by atoms with Crippen LogP contribution in [-0.2, 0) is 0 Å². The first-order valence-corrected chi connectivity index (χ1v) is 5.87. The topological polar surface area (TPSA) is 26.0 Å².